The number of carbonyl (C=O) groups is 1. The van der Waals surface area contributed by atoms with E-state index in [4.69, 9.17) is 14.9 Å². The molecule has 0 bridgehead atoms. The summed E-state index contributed by atoms with van der Waals surface area (Å²) in [5.74, 6) is -1.11. The van der Waals surface area contributed by atoms with Gasteiger partial charge in [-0.2, -0.15) is 4.98 Å². The fourth-order valence-electron chi connectivity index (χ4n) is 2.52. The van der Waals surface area contributed by atoms with E-state index in [2.05, 4.69) is 20.3 Å². The molecule has 1 aliphatic rings. The van der Waals surface area contributed by atoms with Crippen LogP contribution in [0.25, 0.3) is 11.2 Å². The molecule has 0 aliphatic carbocycles. The zero-order valence-electron chi connectivity index (χ0n) is 12.7. The van der Waals surface area contributed by atoms with Gasteiger partial charge in [0.2, 0.25) is 5.95 Å². The number of aromatic nitrogens is 4. The van der Waals surface area contributed by atoms with Gasteiger partial charge in [-0.25, -0.2) is 4.98 Å². The zero-order valence-corrected chi connectivity index (χ0v) is 12.7. The first-order chi connectivity index (χ1) is 11.4. The Morgan fingerprint density at radius 1 is 1.62 bits per heavy atom. The molecule has 0 saturated carbocycles. The molecule has 11 heteroatoms. The molecule has 1 fully saturated rings. The first-order valence-corrected chi connectivity index (χ1v) is 7.31. The number of ether oxygens (including phenoxy) is 1. The summed E-state index contributed by atoms with van der Waals surface area (Å²) in [5, 5.41) is 30.5. The van der Waals surface area contributed by atoms with E-state index in [1.807, 2.05) is 0 Å². The van der Waals surface area contributed by atoms with Crippen LogP contribution in [-0.4, -0.2) is 65.7 Å². The Bertz CT molecular complexity index is 817. The van der Waals surface area contributed by atoms with Crippen molar-refractivity contribution in [3.63, 3.8) is 0 Å². The van der Waals surface area contributed by atoms with Crippen LogP contribution >= 0.6 is 0 Å². The maximum atomic E-state index is 12.1. The Balaban J connectivity index is 1.97. The number of aromatic amines is 1. The van der Waals surface area contributed by atoms with Crippen LogP contribution in [0, 0.1) is 0 Å². The van der Waals surface area contributed by atoms with Crippen LogP contribution in [0.5, 0.6) is 0 Å². The number of imidazole rings is 1. The molecule has 3 rings (SSSR count). The van der Waals surface area contributed by atoms with Crippen molar-refractivity contribution in [1.29, 1.82) is 0 Å². The smallest absolute Gasteiger partial charge is 0.325 e. The number of hydrogen-bond donors (Lipinski definition) is 5. The van der Waals surface area contributed by atoms with E-state index in [1.54, 1.807) is 0 Å². The highest BCUT2D eigenvalue weighted by atomic mass is 16.5. The van der Waals surface area contributed by atoms with Gasteiger partial charge in [-0.1, -0.05) is 0 Å². The van der Waals surface area contributed by atoms with Crippen LogP contribution < -0.4 is 10.9 Å². The van der Waals surface area contributed by atoms with Gasteiger partial charge in [-0.05, 0) is 6.92 Å². The van der Waals surface area contributed by atoms with E-state index >= 15 is 0 Å². The summed E-state index contributed by atoms with van der Waals surface area (Å²) in [7, 11) is 0. The molecule has 130 valence electrons. The molecule has 0 radical (unpaired) electrons. The van der Waals surface area contributed by atoms with Crippen molar-refractivity contribution < 1.29 is 24.9 Å². The molecular formula is C13H17N5O6. The minimum absolute atomic E-state index is 0.0126. The van der Waals surface area contributed by atoms with Crippen LogP contribution in [0.3, 0.4) is 0 Å². The third-order valence-electron chi connectivity index (χ3n) is 3.85. The molecule has 4 atom stereocenters. The molecule has 1 aliphatic heterocycles. The fraction of sp³-hybridized carbons (Fsp3) is 0.538. The molecule has 0 spiro atoms. The van der Waals surface area contributed by atoms with E-state index in [0.29, 0.717) is 0 Å². The van der Waals surface area contributed by atoms with Crippen molar-refractivity contribution in [1.82, 2.24) is 19.5 Å². The summed E-state index contributed by atoms with van der Waals surface area (Å²) in [4.78, 5) is 33.6. The van der Waals surface area contributed by atoms with Gasteiger partial charge in [0, 0.05) is 6.42 Å². The van der Waals surface area contributed by atoms with E-state index in [0.717, 1.165) is 0 Å². The molecule has 0 aromatic carbocycles. The number of hydrogen-bond acceptors (Lipinski definition) is 8. The lowest BCUT2D eigenvalue weighted by molar-refractivity contribution is -0.137. The lowest BCUT2D eigenvalue weighted by Gasteiger charge is -2.14. The van der Waals surface area contributed by atoms with Crippen LogP contribution in [0.15, 0.2) is 11.1 Å². The highest BCUT2D eigenvalue weighted by molar-refractivity contribution is 5.77. The van der Waals surface area contributed by atoms with Gasteiger partial charge in [0.1, 0.15) is 18.4 Å². The van der Waals surface area contributed by atoms with E-state index in [-0.39, 0.29) is 30.1 Å². The predicted molar refractivity (Wildman–Crippen MR) is 80.5 cm³/mol. The summed E-state index contributed by atoms with van der Waals surface area (Å²) in [6.45, 7) is 1.08. The molecule has 2 aromatic rings. The third-order valence-corrected chi connectivity index (χ3v) is 3.85. The number of nitrogens with zero attached hydrogens (tertiary/aromatic N) is 3. The van der Waals surface area contributed by atoms with Gasteiger partial charge in [0.15, 0.2) is 11.2 Å². The minimum atomic E-state index is -1.10. The van der Waals surface area contributed by atoms with Gasteiger partial charge < -0.3 is 25.4 Å². The number of carboxylic acids is 1. The van der Waals surface area contributed by atoms with Crippen LogP contribution in [0.1, 0.15) is 19.6 Å². The fourth-order valence-corrected chi connectivity index (χ4v) is 2.52. The average Bonchev–Trinajstić information content (AvgIpc) is 3.10. The van der Waals surface area contributed by atoms with Crippen molar-refractivity contribution in [3.05, 3.63) is 16.7 Å². The monoisotopic (exact) mass is 339 g/mol. The molecule has 24 heavy (non-hydrogen) atoms. The number of aliphatic carboxylic acids is 1. The topological polar surface area (TPSA) is 163 Å². The zero-order chi connectivity index (χ0) is 17.4. The number of rotatable bonds is 5. The third kappa shape index (κ3) is 2.84. The predicted octanol–water partition coefficient (Wildman–Crippen LogP) is -1.35. The number of aliphatic hydroxyl groups excluding tert-OH is 2. The normalized spacial score (nSPS) is 25.0. The minimum Gasteiger partial charge on any atom is -0.480 e. The second kappa shape index (κ2) is 6.19. The Morgan fingerprint density at radius 3 is 3.00 bits per heavy atom. The van der Waals surface area contributed by atoms with Crippen molar-refractivity contribution in [2.75, 3.05) is 11.9 Å². The molecular weight excluding hydrogens is 322 g/mol. The maximum Gasteiger partial charge on any atom is 0.325 e. The summed E-state index contributed by atoms with van der Waals surface area (Å²) in [6.07, 6.45) is -0.641. The SMILES string of the molecule is C[C@@H](Nc1nc2c(ncn2[C@H]2C[C@H](O)[C@@H](CO)O2)c(=O)[nH]1)C(=O)O. The van der Waals surface area contributed by atoms with Gasteiger partial charge in [0.05, 0.1) is 19.0 Å². The van der Waals surface area contributed by atoms with Gasteiger partial charge in [0.25, 0.3) is 5.56 Å². The second-order valence-electron chi connectivity index (χ2n) is 5.56. The van der Waals surface area contributed by atoms with Crippen LogP contribution in [-0.2, 0) is 9.53 Å². The van der Waals surface area contributed by atoms with E-state index in [1.165, 1.54) is 17.8 Å². The highest BCUT2D eigenvalue weighted by Crippen LogP contribution is 2.30. The molecule has 0 unspecified atom stereocenters. The van der Waals surface area contributed by atoms with Crippen molar-refractivity contribution in [3.8, 4) is 0 Å². The number of fused-ring (bicyclic) bond motifs is 1. The van der Waals surface area contributed by atoms with Crippen molar-refractivity contribution in [2.45, 2.75) is 37.8 Å². The Morgan fingerprint density at radius 2 is 2.38 bits per heavy atom. The lowest BCUT2D eigenvalue weighted by atomic mass is 10.2. The van der Waals surface area contributed by atoms with Crippen molar-refractivity contribution >= 4 is 23.1 Å². The molecule has 0 amide bonds. The van der Waals surface area contributed by atoms with Gasteiger partial charge in [-0.3, -0.25) is 19.1 Å². The Kier molecular flexibility index (Phi) is 4.22. The lowest BCUT2D eigenvalue weighted by Crippen LogP contribution is -2.28. The quantitative estimate of drug-likeness (QED) is 0.443. The number of nitrogens with one attached hydrogen (secondary N) is 2. The maximum absolute atomic E-state index is 12.1. The second-order valence-corrected chi connectivity index (χ2v) is 5.56. The summed E-state index contributed by atoms with van der Waals surface area (Å²) >= 11 is 0. The summed E-state index contributed by atoms with van der Waals surface area (Å²) in [6, 6.07) is -0.953. The molecule has 2 aromatic heterocycles. The highest BCUT2D eigenvalue weighted by Gasteiger charge is 2.35. The molecule has 1 saturated heterocycles. The average molecular weight is 339 g/mol. The Labute approximate surface area is 134 Å². The van der Waals surface area contributed by atoms with Crippen molar-refractivity contribution in [2.24, 2.45) is 0 Å². The van der Waals surface area contributed by atoms with E-state index < -0.39 is 36.0 Å². The number of H-pyrrole nitrogens is 1. The van der Waals surface area contributed by atoms with Crippen LogP contribution in [0.2, 0.25) is 0 Å². The standard InChI is InChI=1S/C13H17N5O6/c1-5(12(22)23)15-13-16-10-9(11(21)17-13)14-4-18(10)8-2-6(20)7(3-19)24-8/h4-8,19-20H,2-3H2,1H3,(H,22,23)(H2,15,16,17,21)/t5-,6+,7-,8-/m1/s1. The first kappa shape index (κ1) is 16.4. The molecule has 11 nitrogen and oxygen atoms in total. The molecule has 3 heterocycles. The first-order valence-electron chi connectivity index (χ1n) is 7.31. The summed E-state index contributed by atoms with van der Waals surface area (Å²) in [5.41, 5.74) is -0.278. The largest absolute Gasteiger partial charge is 0.480 e. The number of carboxylic acid groups (broad SMARTS) is 1. The summed E-state index contributed by atoms with van der Waals surface area (Å²) < 4.78 is 7.00. The van der Waals surface area contributed by atoms with Crippen LogP contribution in [0.4, 0.5) is 5.95 Å². The van der Waals surface area contributed by atoms with Gasteiger partial charge >= 0.3 is 5.97 Å². The van der Waals surface area contributed by atoms with Gasteiger partial charge in [-0.15, -0.1) is 0 Å². The Hall–Kier alpha value is -2.50. The van der Waals surface area contributed by atoms with E-state index in [9.17, 15) is 14.7 Å². The number of anilines is 1. The molecule has 5 N–H and O–H groups in total. The number of aliphatic hydroxyl groups is 2.